The van der Waals surface area contributed by atoms with Crippen molar-refractivity contribution in [3.63, 3.8) is 0 Å². The van der Waals surface area contributed by atoms with Gasteiger partial charge in [0.05, 0.1) is 22.6 Å². The molecule has 1 aromatic heterocycles. The third kappa shape index (κ3) is 5.54. The van der Waals surface area contributed by atoms with E-state index in [1.807, 2.05) is 0 Å². The number of nitrogens with zero attached hydrogens (tertiary/aromatic N) is 2. The number of carbonyl (C=O) groups is 2. The molecule has 3 aromatic rings. The molecule has 6 nitrogen and oxygen atoms in total. The molecule has 0 saturated heterocycles. The molecule has 156 valence electrons. The molecule has 0 aliphatic carbocycles. The van der Waals surface area contributed by atoms with Gasteiger partial charge in [-0.05, 0) is 24.3 Å². The molecule has 0 aliphatic heterocycles. The van der Waals surface area contributed by atoms with Gasteiger partial charge in [0.15, 0.2) is 4.34 Å². The van der Waals surface area contributed by atoms with Gasteiger partial charge in [-0.1, -0.05) is 47.4 Å². The number of carbonyl (C=O) groups excluding carboxylic acids is 2. The van der Waals surface area contributed by atoms with E-state index in [4.69, 9.17) is 0 Å². The predicted molar refractivity (Wildman–Crippen MR) is 105 cm³/mol. The van der Waals surface area contributed by atoms with Gasteiger partial charge in [-0.3, -0.25) is 14.9 Å². The lowest BCUT2D eigenvalue weighted by atomic mass is 10.1. The Bertz CT molecular complexity index is 1070. The second-order valence-corrected chi connectivity index (χ2v) is 7.89. The van der Waals surface area contributed by atoms with Gasteiger partial charge in [-0.2, -0.15) is 13.2 Å². The van der Waals surface area contributed by atoms with Crippen LogP contribution in [-0.4, -0.2) is 27.8 Å². The van der Waals surface area contributed by atoms with E-state index in [2.05, 4.69) is 20.8 Å². The van der Waals surface area contributed by atoms with Crippen LogP contribution >= 0.6 is 23.1 Å². The fourth-order valence-electron chi connectivity index (χ4n) is 2.28. The maximum absolute atomic E-state index is 13.6. The quantitative estimate of drug-likeness (QED) is 0.320. The van der Waals surface area contributed by atoms with E-state index in [0.29, 0.717) is 4.34 Å². The molecule has 2 amide bonds. The number of nitrogens with one attached hydrogen (secondary N) is 2. The van der Waals surface area contributed by atoms with Gasteiger partial charge >= 0.3 is 6.18 Å². The summed E-state index contributed by atoms with van der Waals surface area (Å²) in [4.78, 5) is 24.1. The van der Waals surface area contributed by atoms with Crippen molar-refractivity contribution in [2.24, 2.45) is 0 Å². The summed E-state index contributed by atoms with van der Waals surface area (Å²) in [5.74, 6) is -2.28. The summed E-state index contributed by atoms with van der Waals surface area (Å²) in [5.41, 5.74) is -1.45. The van der Waals surface area contributed by atoms with Gasteiger partial charge in [-0.15, -0.1) is 10.2 Å². The van der Waals surface area contributed by atoms with Crippen molar-refractivity contribution >= 4 is 45.7 Å². The fraction of sp³-hybridized carbons (Fsp3) is 0.111. The number of para-hydroxylation sites is 1. The molecule has 0 aliphatic rings. The van der Waals surface area contributed by atoms with E-state index >= 15 is 0 Å². The molecule has 0 unspecified atom stereocenters. The summed E-state index contributed by atoms with van der Waals surface area (Å²) in [6, 6.07) is 10.1. The number of alkyl halides is 3. The highest BCUT2D eigenvalue weighted by Gasteiger charge is 2.33. The average Bonchev–Trinajstić information content (AvgIpc) is 3.13. The Kier molecular flexibility index (Phi) is 6.67. The first-order valence-electron chi connectivity index (χ1n) is 8.22. The molecule has 0 atom stereocenters. The molecule has 0 saturated carbocycles. The topological polar surface area (TPSA) is 84.0 Å². The van der Waals surface area contributed by atoms with Crippen LogP contribution in [0.4, 0.5) is 28.4 Å². The molecule has 0 fully saturated rings. The van der Waals surface area contributed by atoms with Gasteiger partial charge in [0.1, 0.15) is 5.82 Å². The number of hydrogen-bond acceptors (Lipinski definition) is 6. The molecule has 1 heterocycles. The molecule has 30 heavy (non-hydrogen) atoms. The Hall–Kier alpha value is -2.99. The molecule has 2 aromatic carbocycles. The maximum Gasteiger partial charge on any atom is 0.418 e. The van der Waals surface area contributed by atoms with Gasteiger partial charge in [0.2, 0.25) is 11.0 Å². The maximum atomic E-state index is 13.6. The monoisotopic (exact) mass is 456 g/mol. The molecule has 2 N–H and O–H groups in total. The van der Waals surface area contributed by atoms with Crippen molar-refractivity contribution in [1.82, 2.24) is 10.2 Å². The lowest BCUT2D eigenvalue weighted by Crippen LogP contribution is -2.18. The normalized spacial score (nSPS) is 11.2. The van der Waals surface area contributed by atoms with Crippen LogP contribution in [0.25, 0.3) is 0 Å². The highest BCUT2D eigenvalue weighted by molar-refractivity contribution is 8.01. The zero-order valence-electron chi connectivity index (χ0n) is 14.9. The minimum atomic E-state index is -4.60. The Balaban J connectivity index is 1.56. The Morgan fingerprint density at radius 2 is 1.70 bits per heavy atom. The second-order valence-electron chi connectivity index (χ2n) is 5.69. The first-order valence-corrected chi connectivity index (χ1v) is 10.0. The number of thioether (sulfide) groups is 1. The van der Waals surface area contributed by atoms with Gasteiger partial charge in [-0.25, -0.2) is 4.39 Å². The molecule has 0 bridgehead atoms. The van der Waals surface area contributed by atoms with Crippen molar-refractivity contribution in [1.29, 1.82) is 0 Å². The smallest absolute Gasteiger partial charge is 0.325 e. The predicted octanol–water partition coefficient (Wildman–Crippen LogP) is 4.68. The highest BCUT2D eigenvalue weighted by Crippen LogP contribution is 2.34. The summed E-state index contributed by atoms with van der Waals surface area (Å²) < 4.78 is 52.8. The number of anilines is 2. The van der Waals surface area contributed by atoms with Gasteiger partial charge < -0.3 is 5.32 Å². The third-order valence-corrected chi connectivity index (χ3v) is 5.55. The first-order chi connectivity index (χ1) is 14.2. The van der Waals surface area contributed by atoms with Crippen molar-refractivity contribution in [2.45, 2.75) is 10.5 Å². The second kappa shape index (κ2) is 9.22. The number of hydrogen-bond donors (Lipinski definition) is 2. The SMILES string of the molecule is O=C(CSc1nnc(NC(=O)c2ccccc2F)s1)Nc1ccccc1C(F)(F)F. The van der Waals surface area contributed by atoms with Crippen LogP contribution < -0.4 is 10.6 Å². The summed E-state index contributed by atoms with van der Waals surface area (Å²) >= 11 is 1.88. The largest absolute Gasteiger partial charge is 0.418 e. The van der Waals surface area contributed by atoms with Crippen molar-refractivity contribution in [3.8, 4) is 0 Å². The molecule has 3 rings (SSSR count). The number of amides is 2. The summed E-state index contributed by atoms with van der Waals surface area (Å²) in [7, 11) is 0. The van der Waals surface area contributed by atoms with Crippen molar-refractivity contribution in [2.75, 3.05) is 16.4 Å². The van der Waals surface area contributed by atoms with Crippen LogP contribution in [0.5, 0.6) is 0 Å². The fourth-order valence-corrected chi connectivity index (χ4v) is 3.83. The molecular formula is C18H12F4N4O2S2. The van der Waals surface area contributed by atoms with Crippen molar-refractivity contribution < 1.29 is 27.2 Å². The van der Waals surface area contributed by atoms with Crippen LogP contribution in [0.2, 0.25) is 0 Å². The standard InChI is InChI=1S/C18H12F4N4O2S2/c19-12-7-3-1-5-10(12)15(28)24-16-25-26-17(30-16)29-9-14(27)23-13-8-4-2-6-11(13)18(20,21)22/h1-8H,9H2,(H,23,27)(H,24,25,28). The van der Waals surface area contributed by atoms with Crippen LogP contribution in [0, 0.1) is 5.82 Å². The Morgan fingerprint density at radius 3 is 2.43 bits per heavy atom. The van der Waals surface area contributed by atoms with E-state index in [1.54, 1.807) is 0 Å². The molecule has 0 spiro atoms. The lowest BCUT2D eigenvalue weighted by molar-refractivity contribution is -0.137. The van der Waals surface area contributed by atoms with Crippen molar-refractivity contribution in [3.05, 3.63) is 65.5 Å². The van der Waals surface area contributed by atoms with E-state index in [1.165, 1.54) is 30.3 Å². The van der Waals surface area contributed by atoms with Crippen LogP contribution in [0.15, 0.2) is 52.9 Å². The molecular weight excluding hydrogens is 444 g/mol. The van der Waals surface area contributed by atoms with Crippen LogP contribution in [0.3, 0.4) is 0 Å². The average molecular weight is 456 g/mol. The van der Waals surface area contributed by atoms with Crippen LogP contribution in [-0.2, 0) is 11.0 Å². The third-order valence-electron chi connectivity index (χ3n) is 3.58. The minimum Gasteiger partial charge on any atom is -0.325 e. The zero-order chi connectivity index (χ0) is 21.7. The Morgan fingerprint density at radius 1 is 1.00 bits per heavy atom. The first kappa shape index (κ1) is 21.7. The zero-order valence-corrected chi connectivity index (χ0v) is 16.5. The van der Waals surface area contributed by atoms with E-state index in [0.717, 1.165) is 41.3 Å². The van der Waals surface area contributed by atoms with Crippen LogP contribution in [0.1, 0.15) is 15.9 Å². The van der Waals surface area contributed by atoms with E-state index < -0.39 is 29.4 Å². The molecule has 0 radical (unpaired) electrons. The number of rotatable bonds is 6. The Labute approximate surface area is 175 Å². The highest BCUT2D eigenvalue weighted by atomic mass is 32.2. The summed E-state index contributed by atoms with van der Waals surface area (Å²) in [6.45, 7) is 0. The minimum absolute atomic E-state index is 0.0913. The number of benzene rings is 2. The summed E-state index contributed by atoms with van der Waals surface area (Å²) in [5, 5.41) is 12.2. The lowest BCUT2D eigenvalue weighted by Gasteiger charge is -2.13. The number of aromatic nitrogens is 2. The molecule has 12 heteroatoms. The van der Waals surface area contributed by atoms with Gasteiger partial charge in [0.25, 0.3) is 5.91 Å². The van der Waals surface area contributed by atoms with E-state index in [-0.39, 0.29) is 22.1 Å². The van der Waals surface area contributed by atoms with E-state index in [9.17, 15) is 27.2 Å². The van der Waals surface area contributed by atoms with Gasteiger partial charge in [0, 0.05) is 0 Å². The number of halogens is 4. The summed E-state index contributed by atoms with van der Waals surface area (Å²) in [6.07, 6.45) is -4.60.